The predicted molar refractivity (Wildman–Crippen MR) is 105 cm³/mol. The summed E-state index contributed by atoms with van der Waals surface area (Å²) in [7, 11) is -0.654. The SMILES string of the molecule is CC[C@H](NC(=O)Cn1nc(C)c(S(=O)(=O)N(C)C)c1C)c1ccc(C)cc1. The van der Waals surface area contributed by atoms with Gasteiger partial charge in [-0.05, 0) is 32.8 Å². The Morgan fingerprint density at radius 1 is 1.19 bits per heavy atom. The van der Waals surface area contributed by atoms with Gasteiger partial charge in [-0.2, -0.15) is 5.10 Å². The number of hydrogen-bond acceptors (Lipinski definition) is 4. The Kier molecular flexibility index (Phi) is 6.43. The molecule has 1 heterocycles. The highest BCUT2D eigenvalue weighted by atomic mass is 32.2. The molecule has 0 aliphatic rings. The number of sulfonamides is 1. The molecule has 0 aliphatic heterocycles. The minimum atomic E-state index is -3.61. The fraction of sp³-hybridized carbons (Fsp3) is 0.474. The van der Waals surface area contributed by atoms with Crippen LogP contribution in [0.15, 0.2) is 29.2 Å². The summed E-state index contributed by atoms with van der Waals surface area (Å²) in [5, 5.41) is 7.28. The van der Waals surface area contributed by atoms with Gasteiger partial charge in [-0.1, -0.05) is 36.8 Å². The molecule has 1 N–H and O–H groups in total. The van der Waals surface area contributed by atoms with Crippen molar-refractivity contribution in [3.63, 3.8) is 0 Å². The number of amides is 1. The summed E-state index contributed by atoms with van der Waals surface area (Å²) >= 11 is 0. The van der Waals surface area contributed by atoms with Gasteiger partial charge in [0.1, 0.15) is 11.4 Å². The number of nitrogens with zero attached hydrogens (tertiary/aromatic N) is 3. The van der Waals surface area contributed by atoms with Crippen molar-refractivity contribution in [1.82, 2.24) is 19.4 Å². The molecule has 0 spiro atoms. The van der Waals surface area contributed by atoms with Crippen LogP contribution in [0.3, 0.4) is 0 Å². The van der Waals surface area contributed by atoms with Crippen molar-refractivity contribution in [2.24, 2.45) is 0 Å². The lowest BCUT2D eigenvalue weighted by Crippen LogP contribution is -2.32. The number of rotatable bonds is 7. The van der Waals surface area contributed by atoms with Crippen molar-refractivity contribution in [2.45, 2.75) is 51.6 Å². The highest BCUT2D eigenvalue weighted by molar-refractivity contribution is 7.89. The Balaban J connectivity index is 2.20. The van der Waals surface area contributed by atoms with Crippen LogP contribution in [-0.4, -0.2) is 42.5 Å². The van der Waals surface area contributed by atoms with Crippen molar-refractivity contribution in [3.8, 4) is 0 Å². The minimum Gasteiger partial charge on any atom is -0.348 e. The van der Waals surface area contributed by atoms with E-state index in [1.807, 2.05) is 38.1 Å². The minimum absolute atomic E-state index is 0.0298. The van der Waals surface area contributed by atoms with Gasteiger partial charge < -0.3 is 5.32 Å². The van der Waals surface area contributed by atoms with Gasteiger partial charge in [-0.3, -0.25) is 9.48 Å². The van der Waals surface area contributed by atoms with Crippen LogP contribution in [-0.2, 0) is 21.4 Å². The third-order valence-corrected chi connectivity index (χ3v) is 6.64. The summed E-state index contributed by atoms with van der Waals surface area (Å²) in [5.41, 5.74) is 3.05. The van der Waals surface area contributed by atoms with Gasteiger partial charge in [0.25, 0.3) is 0 Å². The number of hydrogen-bond donors (Lipinski definition) is 1. The third kappa shape index (κ3) is 4.56. The number of carbonyl (C=O) groups is 1. The Bertz CT molecular complexity index is 915. The molecule has 1 aromatic carbocycles. The Morgan fingerprint density at radius 3 is 2.30 bits per heavy atom. The van der Waals surface area contributed by atoms with Gasteiger partial charge in [0.05, 0.1) is 17.4 Å². The van der Waals surface area contributed by atoms with E-state index in [2.05, 4.69) is 10.4 Å². The summed E-state index contributed by atoms with van der Waals surface area (Å²) in [6.07, 6.45) is 0.756. The number of aryl methyl sites for hydroxylation is 2. The molecule has 0 fully saturated rings. The zero-order valence-corrected chi connectivity index (χ0v) is 17.6. The van der Waals surface area contributed by atoms with Crippen molar-refractivity contribution >= 4 is 15.9 Å². The quantitative estimate of drug-likeness (QED) is 0.784. The van der Waals surface area contributed by atoms with E-state index in [-0.39, 0.29) is 23.4 Å². The lowest BCUT2D eigenvalue weighted by molar-refractivity contribution is -0.122. The van der Waals surface area contributed by atoms with Crippen LogP contribution in [0.1, 0.15) is 41.9 Å². The van der Waals surface area contributed by atoms with Crippen LogP contribution >= 0.6 is 0 Å². The molecule has 1 atom stereocenters. The van der Waals surface area contributed by atoms with E-state index in [1.54, 1.807) is 13.8 Å². The fourth-order valence-electron chi connectivity index (χ4n) is 2.99. The zero-order chi connectivity index (χ0) is 20.4. The number of aromatic nitrogens is 2. The van der Waals surface area contributed by atoms with Gasteiger partial charge in [0.2, 0.25) is 15.9 Å². The van der Waals surface area contributed by atoms with E-state index in [9.17, 15) is 13.2 Å². The van der Waals surface area contributed by atoms with E-state index in [0.29, 0.717) is 11.4 Å². The second-order valence-electron chi connectivity index (χ2n) is 6.88. The summed E-state index contributed by atoms with van der Waals surface area (Å²) < 4.78 is 27.6. The molecule has 8 heteroatoms. The molecule has 1 amide bonds. The number of carbonyl (C=O) groups excluding carboxylic acids is 1. The molecule has 7 nitrogen and oxygen atoms in total. The first-order valence-corrected chi connectivity index (χ1v) is 10.3. The maximum atomic E-state index is 12.5. The van der Waals surface area contributed by atoms with Crippen molar-refractivity contribution in [1.29, 1.82) is 0 Å². The van der Waals surface area contributed by atoms with Gasteiger partial charge >= 0.3 is 0 Å². The highest BCUT2D eigenvalue weighted by Crippen LogP contribution is 2.22. The van der Waals surface area contributed by atoms with Crippen molar-refractivity contribution in [2.75, 3.05) is 14.1 Å². The molecular weight excluding hydrogens is 364 g/mol. The van der Waals surface area contributed by atoms with Gasteiger partial charge in [0.15, 0.2) is 0 Å². The van der Waals surface area contributed by atoms with Crippen LogP contribution in [0, 0.1) is 20.8 Å². The highest BCUT2D eigenvalue weighted by Gasteiger charge is 2.27. The van der Waals surface area contributed by atoms with E-state index in [1.165, 1.54) is 18.8 Å². The molecule has 0 saturated carbocycles. The molecule has 2 rings (SSSR count). The van der Waals surface area contributed by atoms with Crippen molar-refractivity contribution < 1.29 is 13.2 Å². The first-order chi connectivity index (χ1) is 12.6. The molecular formula is C19H28N4O3S. The Morgan fingerprint density at radius 2 is 1.78 bits per heavy atom. The topological polar surface area (TPSA) is 84.3 Å². The smallest absolute Gasteiger partial charge is 0.246 e. The van der Waals surface area contributed by atoms with E-state index in [0.717, 1.165) is 21.9 Å². The van der Waals surface area contributed by atoms with Crippen LogP contribution in [0.25, 0.3) is 0 Å². The number of nitrogens with one attached hydrogen (secondary N) is 1. The largest absolute Gasteiger partial charge is 0.348 e. The average molecular weight is 393 g/mol. The number of benzene rings is 1. The lowest BCUT2D eigenvalue weighted by atomic mass is 10.0. The molecule has 0 radical (unpaired) electrons. The predicted octanol–water partition coefficient (Wildman–Crippen LogP) is 2.33. The molecule has 1 aromatic heterocycles. The third-order valence-electron chi connectivity index (χ3n) is 4.57. The Hall–Kier alpha value is -2.19. The summed E-state index contributed by atoms with van der Waals surface area (Å²) in [4.78, 5) is 12.7. The molecule has 2 aromatic rings. The summed E-state index contributed by atoms with van der Waals surface area (Å²) in [6, 6.07) is 7.96. The Labute approximate surface area is 161 Å². The zero-order valence-electron chi connectivity index (χ0n) is 16.8. The second kappa shape index (κ2) is 8.22. The molecule has 0 unspecified atom stereocenters. The van der Waals surface area contributed by atoms with Crippen LogP contribution in [0.5, 0.6) is 0 Å². The first-order valence-electron chi connectivity index (χ1n) is 8.90. The molecule has 0 aliphatic carbocycles. The average Bonchev–Trinajstić information content (AvgIpc) is 2.87. The van der Waals surface area contributed by atoms with Crippen LogP contribution in [0.2, 0.25) is 0 Å². The maximum absolute atomic E-state index is 12.5. The first kappa shape index (κ1) is 21.1. The van der Waals surface area contributed by atoms with Crippen LogP contribution in [0.4, 0.5) is 0 Å². The summed E-state index contributed by atoms with van der Waals surface area (Å²) in [5.74, 6) is -0.207. The van der Waals surface area contributed by atoms with E-state index >= 15 is 0 Å². The summed E-state index contributed by atoms with van der Waals surface area (Å²) in [6.45, 7) is 7.30. The lowest BCUT2D eigenvalue weighted by Gasteiger charge is -2.18. The maximum Gasteiger partial charge on any atom is 0.246 e. The molecule has 0 bridgehead atoms. The van der Waals surface area contributed by atoms with Gasteiger partial charge in [-0.15, -0.1) is 0 Å². The van der Waals surface area contributed by atoms with Gasteiger partial charge in [-0.25, -0.2) is 12.7 Å². The molecule has 0 saturated heterocycles. The fourth-order valence-corrected chi connectivity index (χ4v) is 4.24. The van der Waals surface area contributed by atoms with E-state index < -0.39 is 10.0 Å². The standard InChI is InChI=1S/C19H28N4O3S/c1-7-17(16-10-8-13(2)9-11-16)20-18(24)12-23-15(4)19(14(3)21-23)27(25,26)22(5)6/h8-11,17H,7,12H2,1-6H3,(H,20,24)/t17-/m0/s1. The van der Waals surface area contributed by atoms with Crippen molar-refractivity contribution in [3.05, 3.63) is 46.8 Å². The normalized spacial score (nSPS) is 13.0. The second-order valence-corrected chi connectivity index (χ2v) is 8.97. The van der Waals surface area contributed by atoms with Crippen LogP contribution < -0.4 is 5.32 Å². The monoisotopic (exact) mass is 392 g/mol. The molecule has 27 heavy (non-hydrogen) atoms. The molecule has 148 valence electrons. The van der Waals surface area contributed by atoms with E-state index in [4.69, 9.17) is 0 Å². The van der Waals surface area contributed by atoms with Gasteiger partial charge in [0, 0.05) is 14.1 Å².